The van der Waals surface area contributed by atoms with Crippen LogP contribution in [0.15, 0.2) is 71.8 Å². The number of ether oxygens (including phenoxy) is 1. The van der Waals surface area contributed by atoms with Crippen LogP contribution in [-0.2, 0) is 6.61 Å². The van der Waals surface area contributed by atoms with Crippen molar-refractivity contribution in [2.45, 2.75) is 13.5 Å². The fraction of sp³-hybridized carbons (Fsp3) is 0.0909. The van der Waals surface area contributed by atoms with Gasteiger partial charge in [0.2, 0.25) is 0 Å². The minimum absolute atomic E-state index is 0.00209. The molecule has 0 aliphatic rings. The van der Waals surface area contributed by atoms with Gasteiger partial charge in [0.1, 0.15) is 18.2 Å². The highest BCUT2D eigenvalue weighted by molar-refractivity contribution is 6.31. The van der Waals surface area contributed by atoms with Gasteiger partial charge in [-0.15, -0.1) is 0 Å². The van der Waals surface area contributed by atoms with Crippen molar-refractivity contribution in [2.75, 3.05) is 0 Å². The zero-order chi connectivity index (χ0) is 19.9. The van der Waals surface area contributed by atoms with E-state index in [9.17, 15) is 9.18 Å². The van der Waals surface area contributed by atoms with Crippen LogP contribution < -0.4 is 10.2 Å². The number of halogens is 2. The number of hydrogen-bond donors (Lipinski definition) is 1. The average Bonchev–Trinajstić information content (AvgIpc) is 2.69. The number of hydrazone groups is 1. The Morgan fingerprint density at radius 1 is 1.11 bits per heavy atom. The van der Waals surface area contributed by atoms with Crippen LogP contribution in [0.4, 0.5) is 4.39 Å². The highest BCUT2D eigenvalue weighted by Crippen LogP contribution is 2.21. The lowest BCUT2D eigenvalue weighted by molar-refractivity contribution is 0.0955. The van der Waals surface area contributed by atoms with Crippen LogP contribution in [0.25, 0.3) is 0 Å². The fourth-order valence-electron chi connectivity index (χ4n) is 2.41. The van der Waals surface area contributed by atoms with Gasteiger partial charge in [-0.05, 0) is 48.9 Å². The standard InChI is InChI=1S/C22H18ClFN2O2/c1-15-5-7-16(8-6-15)13-25-26-22(27)17-9-11-18(12-10-17)28-14-19-20(23)3-2-4-21(19)24/h2-13H,14H2,1H3,(H,26,27). The van der Waals surface area contributed by atoms with E-state index in [2.05, 4.69) is 10.5 Å². The summed E-state index contributed by atoms with van der Waals surface area (Å²) in [5, 5.41) is 4.26. The molecule has 1 N–H and O–H groups in total. The molecule has 0 aromatic heterocycles. The lowest BCUT2D eigenvalue weighted by Gasteiger charge is -2.09. The molecule has 142 valence electrons. The molecule has 0 saturated heterocycles. The summed E-state index contributed by atoms with van der Waals surface area (Å²) in [5.74, 6) is -0.263. The number of rotatable bonds is 6. The summed E-state index contributed by atoms with van der Waals surface area (Å²) >= 11 is 5.98. The second-order valence-electron chi connectivity index (χ2n) is 6.12. The molecule has 28 heavy (non-hydrogen) atoms. The zero-order valence-electron chi connectivity index (χ0n) is 15.2. The van der Waals surface area contributed by atoms with Crippen LogP contribution in [0.3, 0.4) is 0 Å². The lowest BCUT2D eigenvalue weighted by Crippen LogP contribution is -2.17. The van der Waals surface area contributed by atoms with Crippen molar-refractivity contribution in [3.8, 4) is 5.75 Å². The Morgan fingerprint density at radius 3 is 2.50 bits per heavy atom. The number of nitrogens with one attached hydrogen (secondary N) is 1. The molecule has 0 unspecified atom stereocenters. The van der Waals surface area contributed by atoms with Crippen molar-refractivity contribution in [1.82, 2.24) is 5.43 Å². The van der Waals surface area contributed by atoms with Gasteiger partial charge in [0.05, 0.1) is 11.2 Å². The number of nitrogens with zero attached hydrogens (tertiary/aromatic N) is 1. The Hall–Kier alpha value is -3.18. The van der Waals surface area contributed by atoms with Gasteiger partial charge in [-0.25, -0.2) is 9.82 Å². The lowest BCUT2D eigenvalue weighted by atomic mass is 10.2. The Labute approximate surface area is 167 Å². The molecule has 4 nitrogen and oxygen atoms in total. The normalized spacial score (nSPS) is 10.8. The number of benzene rings is 3. The third-order valence-corrected chi connectivity index (χ3v) is 4.37. The number of aryl methyl sites for hydroxylation is 1. The van der Waals surface area contributed by atoms with Gasteiger partial charge >= 0.3 is 0 Å². The SMILES string of the molecule is Cc1ccc(C=NNC(=O)c2ccc(OCc3c(F)cccc3Cl)cc2)cc1. The van der Waals surface area contributed by atoms with E-state index >= 15 is 0 Å². The van der Waals surface area contributed by atoms with Crippen LogP contribution in [0.2, 0.25) is 5.02 Å². The first-order valence-corrected chi connectivity index (χ1v) is 8.96. The average molecular weight is 397 g/mol. The van der Waals surface area contributed by atoms with Gasteiger partial charge in [-0.1, -0.05) is 47.5 Å². The molecule has 3 aromatic carbocycles. The molecule has 0 aliphatic carbocycles. The summed E-state index contributed by atoms with van der Waals surface area (Å²) in [6.45, 7) is 2.00. The molecule has 0 fully saturated rings. The molecule has 0 radical (unpaired) electrons. The van der Waals surface area contributed by atoms with Crippen LogP contribution in [-0.4, -0.2) is 12.1 Å². The summed E-state index contributed by atoms with van der Waals surface area (Å²) in [6, 6.07) is 18.7. The summed E-state index contributed by atoms with van der Waals surface area (Å²) in [4.78, 5) is 12.1. The summed E-state index contributed by atoms with van der Waals surface area (Å²) < 4.78 is 19.3. The van der Waals surface area contributed by atoms with Crippen LogP contribution in [0.1, 0.15) is 27.0 Å². The minimum atomic E-state index is -0.421. The molecule has 0 saturated carbocycles. The van der Waals surface area contributed by atoms with E-state index < -0.39 is 5.82 Å². The molecular weight excluding hydrogens is 379 g/mol. The van der Waals surface area contributed by atoms with Crippen molar-refractivity contribution in [2.24, 2.45) is 5.10 Å². The Bertz CT molecular complexity index is 966. The third kappa shape index (κ3) is 5.18. The van der Waals surface area contributed by atoms with Gasteiger partial charge in [0.25, 0.3) is 5.91 Å². The second-order valence-corrected chi connectivity index (χ2v) is 6.53. The Morgan fingerprint density at radius 2 is 1.82 bits per heavy atom. The Balaban J connectivity index is 1.56. The molecule has 0 atom stereocenters. The largest absolute Gasteiger partial charge is 0.489 e. The third-order valence-electron chi connectivity index (χ3n) is 4.02. The van der Waals surface area contributed by atoms with E-state index in [1.807, 2.05) is 31.2 Å². The molecule has 1 amide bonds. The highest BCUT2D eigenvalue weighted by atomic mass is 35.5. The number of carbonyl (C=O) groups is 1. The van der Waals surface area contributed by atoms with E-state index in [1.54, 1.807) is 36.5 Å². The molecule has 0 bridgehead atoms. The van der Waals surface area contributed by atoms with Crippen molar-refractivity contribution in [3.05, 3.63) is 99.8 Å². The zero-order valence-corrected chi connectivity index (χ0v) is 15.9. The van der Waals surface area contributed by atoms with E-state index in [4.69, 9.17) is 16.3 Å². The van der Waals surface area contributed by atoms with Crippen molar-refractivity contribution >= 4 is 23.7 Å². The van der Waals surface area contributed by atoms with Crippen LogP contribution in [0, 0.1) is 12.7 Å². The fourth-order valence-corrected chi connectivity index (χ4v) is 2.63. The van der Waals surface area contributed by atoms with E-state index in [-0.39, 0.29) is 18.1 Å². The maximum atomic E-state index is 13.8. The first-order chi connectivity index (χ1) is 13.5. The molecule has 6 heteroatoms. The maximum absolute atomic E-state index is 13.8. The van der Waals surface area contributed by atoms with Crippen LogP contribution in [0.5, 0.6) is 5.75 Å². The van der Waals surface area contributed by atoms with Crippen molar-refractivity contribution < 1.29 is 13.9 Å². The number of hydrogen-bond acceptors (Lipinski definition) is 3. The van der Waals surface area contributed by atoms with Gasteiger partial charge in [0, 0.05) is 11.1 Å². The molecule has 0 spiro atoms. The Kier molecular flexibility index (Phi) is 6.40. The monoisotopic (exact) mass is 396 g/mol. The maximum Gasteiger partial charge on any atom is 0.271 e. The van der Waals surface area contributed by atoms with Gasteiger partial charge in [-0.2, -0.15) is 5.10 Å². The predicted octanol–water partition coefficient (Wildman–Crippen LogP) is 5.13. The van der Waals surface area contributed by atoms with E-state index in [0.717, 1.165) is 11.1 Å². The smallest absolute Gasteiger partial charge is 0.271 e. The summed E-state index contributed by atoms with van der Waals surface area (Å²) in [7, 11) is 0. The quantitative estimate of drug-likeness (QED) is 0.464. The number of carbonyl (C=O) groups excluding carboxylic acids is 1. The van der Waals surface area contributed by atoms with Crippen LogP contribution >= 0.6 is 11.6 Å². The van der Waals surface area contributed by atoms with Crippen molar-refractivity contribution in [1.29, 1.82) is 0 Å². The molecule has 0 heterocycles. The minimum Gasteiger partial charge on any atom is -0.489 e. The number of amides is 1. The topological polar surface area (TPSA) is 50.7 Å². The highest BCUT2D eigenvalue weighted by Gasteiger charge is 2.08. The first kappa shape index (κ1) is 19.6. The summed E-state index contributed by atoms with van der Waals surface area (Å²) in [6.07, 6.45) is 1.58. The first-order valence-electron chi connectivity index (χ1n) is 8.59. The molecule has 0 aliphatic heterocycles. The predicted molar refractivity (Wildman–Crippen MR) is 108 cm³/mol. The summed E-state index contributed by atoms with van der Waals surface area (Å²) in [5.41, 5.74) is 5.24. The van der Waals surface area contributed by atoms with E-state index in [0.29, 0.717) is 16.3 Å². The van der Waals surface area contributed by atoms with Gasteiger partial charge in [-0.3, -0.25) is 4.79 Å². The van der Waals surface area contributed by atoms with Gasteiger partial charge < -0.3 is 4.74 Å². The molecule has 3 aromatic rings. The van der Waals surface area contributed by atoms with Gasteiger partial charge in [0.15, 0.2) is 0 Å². The van der Waals surface area contributed by atoms with Crippen molar-refractivity contribution in [3.63, 3.8) is 0 Å². The molecule has 3 rings (SSSR count). The molecular formula is C22H18ClFN2O2. The second kappa shape index (κ2) is 9.15. The van der Waals surface area contributed by atoms with E-state index in [1.165, 1.54) is 12.1 Å².